The monoisotopic (exact) mass is 640 g/mol. The molecule has 0 aromatic rings. The summed E-state index contributed by atoms with van der Waals surface area (Å²) in [4.78, 5) is 36.4. The van der Waals surface area contributed by atoms with Crippen LogP contribution in [0.4, 0.5) is 4.79 Å². The summed E-state index contributed by atoms with van der Waals surface area (Å²) in [5.41, 5.74) is 1.71. The predicted octanol–water partition coefficient (Wildman–Crippen LogP) is 9.00. The number of carbonyl (C=O) groups excluding carboxylic acids is 2. The van der Waals surface area contributed by atoms with Crippen molar-refractivity contribution in [1.29, 1.82) is 0 Å². The Hall–Kier alpha value is -2.57. The van der Waals surface area contributed by atoms with Crippen molar-refractivity contribution in [3.8, 4) is 0 Å². The standard InChI is InChI=1S/C37H58N2O5.C2H6/c1-5-12-26(6-2)25-44-35(43)38-24-10-8-15-32(34(41)42)39-33(40)16-11-14-28-18-20-30-29-19-17-27-13-7-9-22-36(27,3)31(29)21-23-37(28,30)4;1-2/h5-6,12,27-32H,1-2,7-11,13-25H2,3-4H3,(H,38,43)(H,39,40)(H,41,42);1-2H3/b26-12+;/t27-,28-,29-,30?,31?,32?,36-,37+;/m0./s1. The Balaban J connectivity index is 0.00000282. The maximum Gasteiger partial charge on any atom is 0.407 e. The zero-order valence-electron chi connectivity index (χ0n) is 29.4. The summed E-state index contributed by atoms with van der Waals surface area (Å²) in [5, 5.41) is 15.1. The van der Waals surface area contributed by atoms with E-state index in [1.165, 1.54) is 64.2 Å². The lowest BCUT2D eigenvalue weighted by Gasteiger charge is -2.60. The van der Waals surface area contributed by atoms with Crippen LogP contribution in [0.3, 0.4) is 0 Å². The van der Waals surface area contributed by atoms with Gasteiger partial charge in [-0.15, -0.1) is 0 Å². The number of ether oxygens (including phenoxy) is 1. The third kappa shape index (κ3) is 9.28. The molecule has 3 N–H and O–H groups in total. The van der Waals surface area contributed by atoms with Crippen LogP contribution in [-0.2, 0) is 14.3 Å². The summed E-state index contributed by atoms with van der Waals surface area (Å²) in [6.45, 7) is 17.0. The van der Waals surface area contributed by atoms with Crippen molar-refractivity contribution in [2.75, 3.05) is 13.2 Å². The van der Waals surface area contributed by atoms with E-state index in [2.05, 4.69) is 37.6 Å². The first-order valence-electron chi connectivity index (χ1n) is 18.5. The normalized spacial score (nSPS) is 32.3. The van der Waals surface area contributed by atoms with Gasteiger partial charge in [-0.2, -0.15) is 0 Å². The quantitative estimate of drug-likeness (QED) is 0.122. The largest absolute Gasteiger partial charge is 0.480 e. The van der Waals surface area contributed by atoms with Gasteiger partial charge in [0.2, 0.25) is 5.91 Å². The van der Waals surface area contributed by atoms with Crippen LogP contribution in [0, 0.1) is 40.4 Å². The van der Waals surface area contributed by atoms with E-state index >= 15 is 0 Å². The Morgan fingerprint density at radius 2 is 1.70 bits per heavy atom. The van der Waals surface area contributed by atoms with E-state index in [0.717, 1.165) is 42.1 Å². The van der Waals surface area contributed by atoms with Crippen molar-refractivity contribution in [1.82, 2.24) is 10.6 Å². The van der Waals surface area contributed by atoms with Crippen LogP contribution in [0.15, 0.2) is 37.0 Å². The number of alkyl carbamates (subject to hydrolysis) is 1. The zero-order valence-corrected chi connectivity index (χ0v) is 29.4. The van der Waals surface area contributed by atoms with Crippen molar-refractivity contribution in [3.05, 3.63) is 37.0 Å². The first kappa shape index (κ1) is 37.9. The zero-order chi connectivity index (χ0) is 33.7. The van der Waals surface area contributed by atoms with E-state index in [1.807, 2.05) is 13.8 Å². The fourth-order valence-electron chi connectivity index (χ4n) is 10.1. The third-order valence-corrected chi connectivity index (χ3v) is 12.5. The highest BCUT2D eigenvalue weighted by molar-refractivity contribution is 5.83. The van der Waals surface area contributed by atoms with E-state index in [0.29, 0.717) is 49.0 Å². The van der Waals surface area contributed by atoms with Crippen LogP contribution in [0.2, 0.25) is 0 Å². The second kappa shape index (κ2) is 18.1. The van der Waals surface area contributed by atoms with Crippen molar-refractivity contribution in [2.45, 2.75) is 136 Å². The smallest absolute Gasteiger partial charge is 0.407 e. The van der Waals surface area contributed by atoms with Crippen molar-refractivity contribution in [2.24, 2.45) is 40.4 Å². The van der Waals surface area contributed by atoms with Gasteiger partial charge >= 0.3 is 12.1 Å². The highest BCUT2D eigenvalue weighted by Crippen LogP contribution is 2.67. The summed E-state index contributed by atoms with van der Waals surface area (Å²) in [6.07, 6.45) is 22.1. The summed E-state index contributed by atoms with van der Waals surface area (Å²) < 4.78 is 5.13. The number of allylic oxidation sites excluding steroid dienone is 2. The van der Waals surface area contributed by atoms with Gasteiger partial charge in [0.05, 0.1) is 0 Å². The lowest BCUT2D eigenvalue weighted by molar-refractivity contribution is -0.142. The number of nitrogens with one attached hydrogen (secondary N) is 2. The van der Waals surface area contributed by atoms with E-state index in [1.54, 1.807) is 18.2 Å². The number of aliphatic carboxylic acids is 1. The first-order chi connectivity index (χ1) is 22.1. The molecule has 0 aromatic heterocycles. The maximum absolute atomic E-state index is 12.8. The fraction of sp³-hybridized carbons (Fsp3) is 0.769. The molecule has 4 aliphatic rings. The Kier molecular flexibility index (Phi) is 14.9. The minimum absolute atomic E-state index is 0.107. The Bertz CT molecular complexity index is 1070. The van der Waals surface area contributed by atoms with Crippen molar-refractivity contribution in [3.63, 3.8) is 0 Å². The van der Waals surface area contributed by atoms with E-state index in [-0.39, 0.29) is 12.5 Å². The van der Waals surface area contributed by atoms with E-state index < -0.39 is 18.1 Å². The number of carboxylic acid groups (broad SMARTS) is 1. The highest BCUT2D eigenvalue weighted by Gasteiger charge is 2.59. The lowest BCUT2D eigenvalue weighted by Crippen LogP contribution is -2.52. The van der Waals surface area contributed by atoms with Crippen LogP contribution < -0.4 is 10.6 Å². The van der Waals surface area contributed by atoms with Crippen molar-refractivity contribution < 1.29 is 24.2 Å². The molecule has 4 saturated carbocycles. The van der Waals surface area contributed by atoms with Gasteiger partial charge < -0.3 is 20.5 Å². The molecule has 0 saturated heterocycles. The van der Waals surface area contributed by atoms with Crippen LogP contribution in [0.5, 0.6) is 0 Å². The maximum atomic E-state index is 12.8. The van der Waals surface area contributed by atoms with Crippen LogP contribution in [0.25, 0.3) is 0 Å². The van der Waals surface area contributed by atoms with Crippen LogP contribution in [-0.4, -0.2) is 42.3 Å². The number of fused-ring (bicyclic) bond motifs is 5. The average molecular weight is 641 g/mol. The molecule has 0 radical (unpaired) electrons. The molecule has 0 aromatic carbocycles. The van der Waals surface area contributed by atoms with Gasteiger partial charge in [0.25, 0.3) is 0 Å². The third-order valence-electron chi connectivity index (χ3n) is 12.5. The predicted molar refractivity (Wildman–Crippen MR) is 186 cm³/mol. The number of amides is 2. The second-order valence-electron chi connectivity index (χ2n) is 14.8. The fourth-order valence-corrected chi connectivity index (χ4v) is 10.1. The number of carbonyl (C=O) groups is 3. The molecule has 4 fully saturated rings. The Labute approximate surface area is 279 Å². The molecule has 8 atom stereocenters. The number of unbranched alkanes of at least 4 members (excludes halogenated alkanes) is 1. The average Bonchev–Trinajstić information content (AvgIpc) is 3.38. The van der Waals surface area contributed by atoms with Gasteiger partial charge in [0.15, 0.2) is 0 Å². The van der Waals surface area contributed by atoms with E-state index in [4.69, 9.17) is 4.74 Å². The van der Waals surface area contributed by atoms with Gasteiger partial charge in [-0.05, 0) is 129 Å². The molecular weight excluding hydrogens is 576 g/mol. The molecule has 7 nitrogen and oxygen atoms in total. The highest BCUT2D eigenvalue weighted by atomic mass is 16.5. The molecule has 260 valence electrons. The topological polar surface area (TPSA) is 105 Å². The van der Waals surface area contributed by atoms with Crippen molar-refractivity contribution >= 4 is 18.0 Å². The Morgan fingerprint density at radius 3 is 2.41 bits per heavy atom. The molecule has 2 amide bonds. The van der Waals surface area contributed by atoms with Gasteiger partial charge in [0, 0.05) is 13.0 Å². The molecule has 7 heteroatoms. The molecule has 0 spiro atoms. The molecule has 4 aliphatic carbocycles. The first-order valence-corrected chi connectivity index (χ1v) is 18.5. The summed E-state index contributed by atoms with van der Waals surface area (Å²) >= 11 is 0. The molecule has 0 aliphatic heterocycles. The van der Waals surface area contributed by atoms with E-state index in [9.17, 15) is 19.5 Å². The lowest BCUT2D eigenvalue weighted by atomic mass is 9.45. The second-order valence-corrected chi connectivity index (χ2v) is 14.8. The van der Waals surface area contributed by atoms with Gasteiger partial charge in [-0.3, -0.25) is 4.79 Å². The summed E-state index contributed by atoms with van der Waals surface area (Å²) in [7, 11) is 0. The number of rotatable bonds is 15. The molecule has 4 rings (SSSR count). The minimum Gasteiger partial charge on any atom is -0.480 e. The number of hydrogen-bond donors (Lipinski definition) is 3. The molecule has 0 bridgehead atoms. The summed E-state index contributed by atoms with van der Waals surface area (Å²) in [5.74, 6) is 3.09. The molecular formula is C39H64N2O5. The number of hydrogen-bond acceptors (Lipinski definition) is 4. The van der Waals surface area contributed by atoms with Crippen LogP contribution in [0.1, 0.15) is 130 Å². The van der Waals surface area contributed by atoms with Gasteiger partial charge in [-0.1, -0.05) is 71.9 Å². The number of carboxylic acids is 1. The summed E-state index contributed by atoms with van der Waals surface area (Å²) in [6, 6.07) is -0.909. The Morgan fingerprint density at radius 1 is 0.935 bits per heavy atom. The van der Waals surface area contributed by atoms with Gasteiger partial charge in [0.1, 0.15) is 12.6 Å². The van der Waals surface area contributed by atoms with Gasteiger partial charge in [-0.25, -0.2) is 9.59 Å². The van der Waals surface area contributed by atoms with Crippen LogP contribution >= 0.6 is 0 Å². The SMILES string of the molecule is C=C/C=C(\C=C)COC(=O)NCCCCC(NC(=O)CCC[C@H]1CCC2[C@@H]3CC[C@@H]4CCCC[C@]4(C)C3CC[C@@]21C)C(=O)O.CC. The minimum atomic E-state index is -1.01. The molecule has 0 heterocycles. The molecule has 3 unspecified atom stereocenters. The molecule has 46 heavy (non-hydrogen) atoms.